The van der Waals surface area contributed by atoms with E-state index < -0.39 is 6.29 Å². The van der Waals surface area contributed by atoms with E-state index in [1.165, 1.54) is 34.8 Å². The lowest BCUT2D eigenvalue weighted by Crippen LogP contribution is -2.25. The summed E-state index contributed by atoms with van der Waals surface area (Å²) in [4.78, 5) is 34.2. The van der Waals surface area contributed by atoms with Crippen LogP contribution in [0.25, 0.3) is 10.2 Å². The highest BCUT2D eigenvalue weighted by Gasteiger charge is 2.43. The summed E-state index contributed by atoms with van der Waals surface area (Å²) < 4.78 is 34.9. The summed E-state index contributed by atoms with van der Waals surface area (Å²) in [6.45, 7) is 0. The van der Waals surface area contributed by atoms with Gasteiger partial charge in [-0.25, -0.2) is 4.98 Å². The number of anilines is 1. The van der Waals surface area contributed by atoms with E-state index in [1.807, 2.05) is 0 Å². The third kappa shape index (κ3) is 4.11. The number of hydrogen-bond donors (Lipinski definition) is 2. The summed E-state index contributed by atoms with van der Waals surface area (Å²) in [5.74, 6) is 0.467. The Balaban J connectivity index is 1.20. The van der Waals surface area contributed by atoms with Crippen molar-refractivity contribution in [1.82, 2.24) is 9.97 Å². The first-order chi connectivity index (χ1) is 14.9. The Morgan fingerprint density at radius 3 is 2.94 bits per heavy atom. The minimum atomic E-state index is -3.70. The number of thioether (sulfide) groups is 1. The van der Waals surface area contributed by atoms with E-state index in [1.54, 1.807) is 11.3 Å². The summed E-state index contributed by atoms with van der Waals surface area (Å²) in [6, 6.07) is 4.05. The van der Waals surface area contributed by atoms with Crippen LogP contribution in [0.3, 0.4) is 0 Å². The molecule has 0 fully saturated rings. The van der Waals surface area contributed by atoms with Crippen LogP contribution in [-0.2, 0) is 23.4 Å². The molecule has 0 spiro atoms. The van der Waals surface area contributed by atoms with Crippen molar-refractivity contribution in [3.63, 3.8) is 0 Å². The fourth-order valence-electron chi connectivity index (χ4n) is 3.74. The molecule has 3 heterocycles. The molecule has 0 saturated heterocycles. The molecule has 1 amide bonds. The number of aryl methyl sites for hydroxylation is 2. The number of ether oxygens (including phenoxy) is 2. The summed E-state index contributed by atoms with van der Waals surface area (Å²) in [5, 5.41) is 3.34. The van der Waals surface area contributed by atoms with E-state index in [-0.39, 0.29) is 28.7 Å². The summed E-state index contributed by atoms with van der Waals surface area (Å²) >= 11 is 2.88. The zero-order chi connectivity index (χ0) is 21.6. The van der Waals surface area contributed by atoms with Crippen LogP contribution in [0.1, 0.15) is 29.1 Å². The fraction of sp³-hybridized carbons (Fsp3) is 0.350. The lowest BCUT2D eigenvalue weighted by Gasteiger charge is -2.09. The summed E-state index contributed by atoms with van der Waals surface area (Å²) in [6.07, 6.45) is 0.454. The molecular weight excluding hydrogens is 448 g/mol. The second-order valence-electron chi connectivity index (χ2n) is 7.27. The van der Waals surface area contributed by atoms with Gasteiger partial charge in [0.2, 0.25) is 5.91 Å². The quantitative estimate of drug-likeness (QED) is 0.590. The van der Waals surface area contributed by atoms with Crippen molar-refractivity contribution in [2.75, 3.05) is 11.1 Å². The maximum absolute atomic E-state index is 13.1. The Labute approximate surface area is 183 Å². The number of nitrogens with one attached hydrogen (secondary N) is 2. The van der Waals surface area contributed by atoms with Gasteiger partial charge >= 0.3 is 6.29 Å². The number of carbonyl (C=O) groups is 1. The molecule has 1 aliphatic carbocycles. The van der Waals surface area contributed by atoms with E-state index in [0.29, 0.717) is 22.7 Å². The first kappa shape index (κ1) is 20.3. The molecule has 7 nitrogen and oxygen atoms in total. The number of rotatable bonds is 5. The van der Waals surface area contributed by atoms with Gasteiger partial charge in [-0.2, -0.15) is 0 Å². The third-order valence-electron chi connectivity index (χ3n) is 5.03. The molecular formula is C20H17F2N3O4S2. The van der Waals surface area contributed by atoms with E-state index in [2.05, 4.69) is 24.8 Å². The largest absolute Gasteiger partial charge is 0.586 e. The number of hydrogen-bond acceptors (Lipinski definition) is 7. The number of H-pyrrole nitrogens is 1. The molecule has 3 aromatic rings. The Morgan fingerprint density at radius 2 is 2.06 bits per heavy atom. The van der Waals surface area contributed by atoms with Crippen molar-refractivity contribution in [1.29, 1.82) is 0 Å². The number of benzene rings is 1. The second-order valence-corrected chi connectivity index (χ2v) is 9.34. The molecule has 2 aromatic heterocycles. The predicted molar refractivity (Wildman–Crippen MR) is 114 cm³/mol. The number of fused-ring (bicyclic) bond motifs is 4. The maximum Gasteiger partial charge on any atom is 0.586 e. The van der Waals surface area contributed by atoms with Gasteiger partial charge in [-0.05, 0) is 43.4 Å². The van der Waals surface area contributed by atoms with Crippen LogP contribution in [0.4, 0.5) is 14.5 Å². The smallest absolute Gasteiger partial charge is 0.395 e. The topological polar surface area (TPSA) is 93.3 Å². The highest BCUT2D eigenvalue weighted by Crippen LogP contribution is 2.42. The van der Waals surface area contributed by atoms with Crippen molar-refractivity contribution in [2.24, 2.45) is 0 Å². The van der Waals surface area contributed by atoms with Crippen molar-refractivity contribution < 1.29 is 23.0 Å². The van der Waals surface area contributed by atoms with Gasteiger partial charge in [0.05, 0.1) is 16.9 Å². The van der Waals surface area contributed by atoms with Crippen LogP contribution in [0.2, 0.25) is 0 Å². The van der Waals surface area contributed by atoms with Crippen LogP contribution in [0.5, 0.6) is 11.5 Å². The summed E-state index contributed by atoms with van der Waals surface area (Å²) in [7, 11) is 0. The second kappa shape index (κ2) is 7.79. The van der Waals surface area contributed by atoms with Gasteiger partial charge in [-0.3, -0.25) is 9.59 Å². The molecule has 2 aliphatic rings. The number of alkyl halides is 2. The number of amides is 1. The average Bonchev–Trinajstić information content (AvgIpc) is 3.23. The van der Waals surface area contributed by atoms with Crippen LogP contribution >= 0.6 is 23.1 Å². The normalized spacial score (nSPS) is 16.3. The zero-order valence-corrected chi connectivity index (χ0v) is 17.8. The molecule has 1 aliphatic heterocycles. The van der Waals surface area contributed by atoms with E-state index in [9.17, 15) is 18.4 Å². The standard InChI is InChI=1S/C20H17F2N3O4S2/c21-20(22)28-12-6-5-10(7-13(12)29-20)23-16(26)9-30-8-15-24-18(27)17-11-3-1-2-4-14(11)31-19(17)25-15/h5-7H,1-4,8-9H2,(H,23,26)(H,24,25,27). The van der Waals surface area contributed by atoms with Crippen LogP contribution in [0.15, 0.2) is 23.0 Å². The minimum Gasteiger partial charge on any atom is -0.395 e. The molecule has 0 radical (unpaired) electrons. The highest BCUT2D eigenvalue weighted by atomic mass is 32.2. The van der Waals surface area contributed by atoms with Gasteiger partial charge in [-0.15, -0.1) is 31.9 Å². The number of carbonyl (C=O) groups excluding carboxylic acids is 1. The van der Waals surface area contributed by atoms with Gasteiger partial charge in [0.25, 0.3) is 5.56 Å². The van der Waals surface area contributed by atoms with E-state index in [0.717, 1.165) is 36.1 Å². The molecule has 0 saturated carbocycles. The SMILES string of the molecule is O=C(CSCc1nc2sc3c(c2c(=O)[nH]1)CCCC3)Nc1ccc2c(c1)OC(F)(F)O2. The predicted octanol–water partition coefficient (Wildman–Crippen LogP) is 4.06. The monoisotopic (exact) mass is 465 g/mol. The Hall–Kier alpha value is -2.66. The number of aromatic amines is 1. The van der Waals surface area contributed by atoms with Gasteiger partial charge in [0.15, 0.2) is 11.5 Å². The van der Waals surface area contributed by atoms with Crippen LogP contribution in [0, 0.1) is 0 Å². The molecule has 0 unspecified atom stereocenters. The van der Waals surface area contributed by atoms with Gasteiger partial charge < -0.3 is 19.8 Å². The number of halogens is 2. The lowest BCUT2D eigenvalue weighted by molar-refractivity contribution is -0.286. The van der Waals surface area contributed by atoms with Crippen molar-refractivity contribution >= 4 is 44.9 Å². The third-order valence-corrected chi connectivity index (χ3v) is 7.16. The maximum atomic E-state index is 13.1. The fourth-order valence-corrected chi connectivity index (χ4v) is 5.71. The van der Waals surface area contributed by atoms with Gasteiger partial charge in [-0.1, -0.05) is 0 Å². The van der Waals surface area contributed by atoms with Crippen molar-refractivity contribution in [3.8, 4) is 11.5 Å². The Bertz CT molecular complexity index is 1240. The molecule has 5 rings (SSSR count). The van der Waals surface area contributed by atoms with Crippen molar-refractivity contribution in [3.05, 3.63) is 44.8 Å². The van der Waals surface area contributed by atoms with Crippen molar-refractivity contribution in [2.45, 2.75) is 37.7 Å². The van der Waals surface area contributed by atoms with E-state index >= 15 is 0 Å². The van der Waals surface area contributed by atoms with Gasteiger partial charge in [0, 0.05) is 16.6 Å². The summed E-state index contributed by atoms with van der Waals surface area (Å²) in [5.41, 5.74) is 1.34. The van der Waals surface area contributed by atoms with Crippen LogP contribution < -0.4 is 20.3 Å². The van der Waals surface area contributed by atoms with E-state index in [4.69, 9.17) is 0 Å². The zero-order valence-electron chi connectivity index (χ0n) is 16.1. The first-order valence-electron chi connectivity index (χ1n) is 9.69. The highest BCUT2D eigenvalue weighted by molar-refractivity contribution is 7.99. The molecule has 0 bridgehead atoms. The minimum absolute atomic E-state index is 0.0851. The lowest BCUT2D eigenvalue weighted by atomic mass is 9.97. The number of aromatic nitrogens is 2. The van der Waals surface area contributed by atoms with Crippen LogP contribution in [-0.4, -0.2) is 27.9 Å². The average molecular weight is 466 g/mol. The molecule has 31 heavy (non-hydrogen) atoms. The Kier molecular flexibility index (Phi) is 5.09. The molecule has 1 aromatic carbocycles. The molecule has 2 N–H and O–H groups in total. The number of thiophene rings is 1. The number of nitrogens with zero attached hydrogens (tertiary/aromatic N) is 1. The molecule has 11 heteroatoms. The molecule has 162 valence electrons. The first-order valence-corrected chi connectivity index (χ1v) is 11.7. The van der Waals surface area contributed by atoms with Gasteiger partial charge in [0.1, 0.15) is 10.7 Å². The molecule has 0 atom stereocenters. The Morgan fingerprint density at radius 1 is 1.26 bits per heavy atom.